The summed E-state index contributed by atoms with van der Waals surface area (Å²) >= 11 is 0. The van der Waals surface area contributed by atoms with Crippen LogP contribution in [0.25, 0.3) is 0 Å². The molecule has 7 heteroatoms. The van der Waals surface area contributed by atoms with Gasteiger partial charge in [0, 0.05) is 12.0 Å². The predicted molar refractivity (Wildman–Crippen MR) is 117 cm³/mol. The standard InChI is InChI=1S/C25H28FN3O3/c1-15-4-7-19(10-23-17(3)24(30)11-22(15)23)16(2)25(31)32-14-21-13-29(28-27-21)12-18-5-8-20(26)9-6-18/h5-6,8-9,13,15,19,22H,2,4,7,10-12,14H2,1,3H3/t15-,19+,22-/m0/s1. The summed E-state index contributed by atoms with van der Waals surface area (Å²) in [5.74, 6) is 0.222. The molecule has 1 saturated carbocycles. The van der Waals surface area contributed by atoms with E-state index >= 15 is 0 Å². The number of ether oxygens (including phenoxy) is 1. The Labute approximate surface area is 187 Å². The molecule has 2 aliphatic rings. The van der Waals surface area contributed by atoms with Crippen LogP contribution in [0.15, 0.2) is 53.8 Å². The average molecular weight is 438 g/mol. The molecule has 0 radical (unpaired) electrons. The molecule has 2 aromatic rings. The zero-order chi connectivity index (χ0) is 22.8. The number of rotatable bonds is 6. The van der Waals surface area contributed by atoms with Crippen LogP contribution in [0, 0.1) is 23.6 Å². The number of Topliss-reactive ketones (excluding diaryl/α,β-unsaturated/α-hetero) is 1. The molecule has 0 bridgehead atoms. The first-order chi connectivity index (χ1) is 15.3. The van der Waals surface area contributed by atoms with Gasteiger partial charge in [-0.15, -0.1) is 5.10 Å². The number of carbonyl (C=O) groups excluding carboxylic acids is 2. The Balaban J connectivity index is 1.34. The number of halogens is 1. The number of esters is 1. The van der Waals surface area contributed by atoms with E-state index in [9.17, 15) is 14.0 Å². The molecule has 0 N–H and O–H groups in total. The molecule has 4 rings (SSSR count). The van der Waals surface area contributed by atoms with Gasteiger partial charge in [-0.1, -0.05) is 36.4 Å². The highest BCUT2D eigenvalue weighted by Crippen LogP contribution is 2.45. The highest BCUT2D eigenvalue weighted by molar-refractivity contribution is 5.98. The summed E-state index contributed by atoms with van der Waals surface area (Å²) in [6.45, 7) is 8.58. The molecule has 0 saturated heterocycles. The van der Waals surface area contributed by atoms with Crippen LogP contribution in [0.5, 0.6) is 0 Å². The van der Waals surface area contributed by atoms with Gasteiger partial charge in [0.15, 0.2) is 5.78 Å². The number of allylic oxidation sites excluding steroid dienone is 2. The van der Waals surface area contributed by atoms with Crippen molar-refractivity contribution in [3.05, 3.63) is 70.8 Å². The maximum atomic E-state index is 13.0. The summed E-state index contributed by atoms with van der Waals surface area (Å²) in [6, 6.07) is 6.17. The fraction of sp³-hybridized carbons (Fsp3) is 0.440. The van der Waals surface area contributed by atoms with Gasteiger partial charge in [0.2, 0.25) is 0 Å². The van der Waals surface area contributed by atoms with Gasteiger partial charge < -0.3 is 4.74 Å². The van der Waals surface area contributed by atoms with Crippen molar-refractivity contribution in [3.63, 3.8) is 0 Å². The number of ketones is 1. The van der Waals surface area contributed by atoms with E-state index in [-0.39, 0.29) is 24.1 Å². The summed E-state index contributed by atoms with van der Waals surface area (Å²) in [5.41, 5.74) is 3.94. The molecular weight excluding hydrogens is 409 g/mol. The summed E-state index contributed by atoms with van der Waals surface area (Å²) < 4.78 is 20.1. The minimum absolute atomic E-state index is 0.00717. The molecule has 0 spiro atoms. The van der Waals surface area contributed by atoms with Gasteiger partial charge in [0.1, 0.15) is 18.1 Å². The van der Waals surface area contributed by atoms with Crippen molar-refractivity contribution in [2.75, 3.05) is 0 Å². The van der Waals surface area contributed by atoms with E-state index in [1.807, 2.05) is 6.92 Å². The molecule has 3 atom stereocenters. The normalized spacial score (nSPS) is 23.1. The van der Waals surface area contributed by atoms with Crippen molar-refractivity contribution in [1.82, 2.24) is 15.0 Å². The van der Waals surface area contributed by atoms with Crippen molar-refractivity contribution < 1.29 is 18.7 Å². The number of nitrogens with zero attached hydrogens (tertiary/aromatic N) is 3. The molecule has 1 fully saturated rings. The first-order valence-electron chi connectivity index (χ1n) is 11.0. The third kappa shape index (κ3) is 4.71. The first-order valence-corrected chi connectivity index (χ1v) is 11.0. The zero-order valence-electron chi connectivity index (χ0n) is 18.5. The molecule has 32 heavy (non-hydrogen) atoms. The van der Waals surface area contributed by atoms with Gasteiger partial charge in [-0.05, 0) is 67.2 Å². The molecule has 1 aromatic heterocycles. The van der Waals surface area contributed by atoms with Crippen molar-refractivity contribution in [2.24, 2.45) is 17.8 Å². The number of carbonyl (C=O) groups is 2. The Morgan fingerprint density at radius 1 is 1.25 bits per heavy atom. The monoisotopic (exact) mass is 437 g/mol. The molecule has 0 unspecified atom stereocenters. The van der Waals surface area contributed by atoms with Crippen LogP contribution in [-0.2, 0) is 27.5 Å². The number of fused-ring (bicyclic) bond motifs is 1. The molecule has 168 valence electrons. The van der Waals surface area contributed by atoms with Crippen LogP contribution < -0.4 is 0 Å². The lowest BCUT2D eigenvalue weighted by Gasteiger charge is -2.18. The second kappa shape index (κ2) is 9.18. The molecule has 0 aliphatic heterocycles. The highest BCUT2D eigenvalue weighted by Gasteiger charge is 2.38. The second-order valence-electron chi connectivity index (χ2n) is 8.98. The van der Waals surface area contributed by atoms with Gasteiger partial charge >= 0.3 is 5.97 Å². The smallest absolute Gasteiger partial charge is 0.334 e. The lowest BCUT2D eigenvalue weighted by atomic mass is 9.86. The third-order valence-electron chi connectivity index (χ3n) is 6.83. The topological polar surface area (TPSA) is 74.1 Å². The summed E-state index contributed by atoms with van der Waals surface area (Å²) in [7, 11) is 0. The maximum Gasteiger partial charge on any atom is 0.334 e. The van der Waals surface area contributed by atoms with Crippen LogP contribution in [0.1, 0.15) is 50.8 Å². The highest BCUT2D eigenvalue weighted by atomic mass is 19.1. The average Bonchev–Trinajstić information content (AvgIpc) is 3.29. The van der Waals surface area contributed by atoms with E-state index in [0.29, 0.717) is 42.5 Å². The van der Waals surface area contributed by atoms with E-state index in [2.05, 4.69) is 23.8 Å². The van der Waals surface area contributed by atoms with Crippen molar-refractivity contribution in [2.45, 2.75) is 52.7 Å². The van der Waals surface area contributed by atoms with E-state index in [0.717, 1.165) is 24.0 Å². The van der Waals surface area contributed by atoms with Gasteiger partial charge in [-0.25, -0.2) is 13.9 Å². The van der Waals surface area contributed by atoms with Gasteiger partial charge in [0.05, 0.1) is 12.7 Å². The van der Waals surface area contributed by atoms with Crippen LogP contribution in [-0.4, -0.2) is 26.7 Å². The lowest BCUT2D eigenvalue weighted by molar-refractivity contribution is -0.141. The van der Waals surface area contributed by atoms with Crippen LogP contribution >= 0.6 is 0 Å². The fourth-order valence-corrected chi connectivity index (χ4v) is 4.77. The summed E-state index contributed by atoms with van der Waals surface area (Å²) in [6.07, 6.45) is 4.83. The predicted octanol–water partition coefficient (Wildman–Crippen LogP) is 4.41. The Hall–Kier alpha value is -3.09. The van der Waals surface area contributed by atoms with Gasteiger partial charge in [0.25, 0.3) is 0 Å². The second-order valence-corrected chi connectivity index (χ2v) is 8.98. The number of hydrogen-bond donors (Lipinski definition) is 0. The summed E-state index contributed by atoms with van der Waals surface area (Å²) in [4.78, 5) is 24.9. The zero-order valence-corrected chi connectivity index (χ0v) is 18.5. The number of hydrogen-bond acceptors (Lipinski definition) is 5. The van der Waals surface area contributed by atoms with Crippen LogP contribution in [0.4, 0.5) is 4.39 Å². The van der Waals surface area contributed by atoms with Crippen LogP contribution in [0.3, 0.4) is 0 Å². The molecule has 1 aromatic carbocycles. The van der Waals surface area contributed by atoms with Crippen LogP contribution in [0.2, 0.25) is 0 Å². The Kier molecular flexibility index (Phi) is 6.35. The third-order valence-corrected chi connectivity index (χ3v) is 6.83. The molecule has 1 heterocycles. The van der Waals surface area contributed by atoms with Crippen molar-refractivity contribution in [1.29, 1.82) is 0 Å². The van der Waals surface area contributed by atoms with Gasteiger partial charge in [-0.2, -0.15) is 0 Å². The Morgan fingerprint density at radius 2 is 2.00 bits per heavy atom. The molecule has 0 amide bonds. The van der Waals surface area contributed by atoms with Crippen molar-refractivity contribution >= 4 is 11.8 Å². The molecule has 2 aliphatic carbocycles. The largest absolute Gasteiger partial charge is 0.456 e. The molecular formula is C25H28FN3O3. The maximum absolute atomic E-state index is 13.0. The number of benzene rings is 1. The Bertz CT molecular complexity index is 1070. The van der Waals surface area contributed by atoms with Crippen molar-refractivity contribution in [3.8, 4) is 0 Å². The van der Waals surface area contributed by atoms with E-state index in [1.54, 1.807) is 23.0 Å². The number of aromatic nitrogens is 3. The van der Waals surface area contributed by atoms with Gasteiger partial charge in [-0.3, -0.25) is 4.79 Å². The minimum atomic E-state index is -0.434. The first kappa shape index (κ1) is 22.1. The minimum Gasteiger partial charge on any atom is -0.456 e. The lowest BCUT2D eigenvalue weighted by Crippen LogP contribution is -2.16. The quantitative estimate of drug-likeness (QED) is 0.494. The fourth-order valence-electron chi connectivity index (χ4n) is 4.77. The Morgan fingerprint density at radius 3 is 2.75 bits per heavy atom. The van der Waals surface area contributed by atoms with E-state index < -0.39 is 5.97 Å². The van der Waals surface area contributed by atoms with E-state index in [1.165, 1.54) is 17.7 Å². The SMILES string of the molecule is C=C(C(=O)OCc1cn(Cc2ccc(F)cc2)nn1)[C@@H]1CC[C@H](C)[C@@H]2CC(=O)C(C)=C2C1. The molecule has 6 nitrogen and oxygen atoms in total. The summed E-state index contributed by atoms with van der Waals surface area (Å²) in [5, 5.41) is 8.09. The van der Waals surface area contributed by atoms with E-state index in [4.69, 9.17) is 4.74 Å².